The molecule has 138 valence electrons. The molecule has 7 nitrogen and oxygen atoms in total. The van der Waals surface area contributed by atoms with Crippen LogP contribution in [-0.2, 0) is 6.42 Å². The van der Waals surface area contributed by atoms with E-state index in [-0.39, 0.29) is 11.8 Å². The minimum Gasteiger partial charge on any atom is -0.345 e. The normalized spacial score (nSPS) is 10.5. The zero-order chi connectivity index (χ0) is 19.4. The second-order valence-electron chi connectivity index (χ2n) is 6.18. The third-order valence-electron chi connectivity index (χ3n) is 3.93. The Balaban J connectivity index is 1.79. The fourth-order valence-electron chi connectivity index (χ4n) is 2.51. The van der Waals surface area contributed by atoms with Gasteiger partial charge in [0.05, 0.1) is 0 Å². The summed E-state index contributed by atoms with van der Waals surface area (Å²) in [5.41, 5.74) is 2.21. The first-order valence-electron chi connectivity index (χ1n) is 8.54. The van der Waals surface area contributed by atoms with Crippen molar-refractivity contribution in [3.05, 3.63) is 65.5 Å². The van der Waals surface area contributed by atoms with Gasteiger partial charge in [0.2, 0.25) is 11.7 Å². The van der Waals surface area contributed by atoms with Gasteiger partial charge in [0.15, 0.2) is 0 Å². The molecule has 0 spiro atoms. The Morgan fingerprint density at radius 3 is 2.52 bits per heavy atom. The minimum absolute atomic E-state index is 0.157. The summed E-state index contributed by atoms with van der Waals surface area (Å²) < 4.78 is 5.13. The lowest BCUT2D eigenvalue weighted by molar-refractivity contribution is 0.0827. The van der Waals surface area contributed by atoms with Crippen LogP contribution in [0.15, 0.2) is 53.1 Å². The molecule has 0 fully saturated rings. The van der Waals surface area contributed by atoms with E-state index in [4.69, 9.17) is 4.52 Å². The number of rotatable bonds is 5. The topological polar surface area (TPSA) is 88.3 Å². The fraction of sp³-hybridized carbons (Fsp3) is 0.200. The number of aryl methyl sites for hydroxylation is 1. The fourth-order valence-corrected chi connectivity index (χ4v) is 2.51. The Labute approximate surface area is 157 Å². The first kappa shape index (κ1) is 18.3. The summed E-state index contributed by atoms with van der Waals surface area (Å²) >= 11 is 0. The van der Waals surface area contributed by atoms with Crippen LogP contribution in [0.1, 0.15) is 33.5 Å². The van der Waals surface area contributed by atoms with Crippen LogP contribution in [0.4, 0.5) is 5.69 Å². The molecular weight excluding hydrogens is 344 g/mol. The van der Waals surface area contributed by atoms with Gasteiger partial charge >= 0.3 is 0 Å². The Morgan fingerprint density at radius 1 is 1.07 bits per heavy atom. The maximum absolute atomic E-state index is 12.6. The summed E-state index contributed by atoms with van der Waals surface area (Å²) in [5, 5.41) is 6.78. The third-order valence-corrected chi connectivity index (χ3v) is 3.93. The van der Waals surface area contributed by atoms with Gasteiger partial charge < -0.3 is 14.7 Å². The number of aromatic nitrogens is 2. The van der Waals surface area contributed by atoms with Crippen molar-refractivity contribution in [2.24, 2.45) is 0 Å². The first-order chi connectivity index (χ1) is 13.0. The number of nitrogens with one attached hydrogen (secondary N) is 1. The van der Waals surface area contributed by atoms with Crippen LogP contribution in [0.2, 0.25) is 0 Å². The van der Waals surface area contributed by atoms with Crippen molar-refractivity contribution < 1.29 is 14.1 Å². The molecule has 0 aliphatic carbocycles. The van der Waals surface area contributed by atoms with Crippen LogP contribution in [0, 0.1) is 0 Å². The van der Waals surface area contributed by atoms with E-state index in [1.807, 2.05) is 13.0 Å². The summed E-state index contributed by atoms with van der Waals surface area (Å²) in [5.74, 6) is 0.571. The molecule has 3 rings (SSSR count). The van der Waals surface area contributed by atoms with Crippen molar-refractivity contribution in [1.29, 1.82) is 0 Å². The molecule has 1 aromatic heterocycles. The van der Waals surface area contributed by atoms with Gasteiger partial charge in [0.1, 0.15) is 0 Å². The predicted octanol–water partition coefficient (Wildman–Crippen LogP) is 3.25. The van der Waals surface area contributed by atoms with Gasteiger partial charge in [-0.3, -0.25) is 9.59 Å². The molecule has 7 heteroatoms. The van der Waals surface area contributed by atoms with E-state index in [0.29, 0.717) is 35.0 Å². The van der Waals surface area contributed by atoms with Gasteiger partial charge in [-0.05, 0) is 30.3 Å². The minimum atomic E-state index is -0.303. The summed E-state index contributed by atoms with van der Waals surface area (Å²) in [6, 6.07) is 13.8. The zero-order valence-electron chi connectivity index (χ0n) is 15.4. The molecule has 3 aromatic rings. The zero-order valence-corrected chi connectivity index (χ0v) is 15.4. The standard InChI is InChI=1S/C20H20N4O3/c1-4-17-22-18(23-27-17)13-7-6-10-16(12-13)21-19(25)14-8-5-9-15(11-14)20(26)24(2)3/h5-12H,4H2,1-3H3,(H,21,25). The van der Waals surface area contributed by atoms with Gasteiger partial charge in [-0.2, -0.15) is 4.98 Å². The molecule has 2 aromatic carbocycles. The first-order valence-corrected chi connectivity index (χ1v) is 8.54. The molecule has 0 radical (unpaired) electrons. The maximum atomic E-state index is 12.6. The highest BCUT2D eigenvalue weighted by Gasteiger charge is 2.13. The average molecular weight is 364 g/mol. The lowest BCUT2D eigenvalue weighted by Gasteiger charge is -2.11. The van der Waals surface area contributed by atoms with Crippen molar-refractivity contribution in [2.45, 2.75) is 13.3 Å². The monoisotopic (exact) mass is 364 g/mol. The van der Waals surface area contributed by atoms with E-state index >= 15 is 0 Å². The van der Waals surface area contributed by atoms with Crippen molar-refractivity contribution in [3.63, 3.8) is 0 Å². The van der Waals surface area contributed by atoms with Crippen LogP contribution >= 0.6 is 0 Å². The molecule has 2 amide bonds. The van der Waals surface area contributed by atoms with Gasteiger partial charge in [-0.15, -0.1) is 0 Å². The van der Waals surface area contributed by atoms with E-state index in [2.05, 4.69) is 15.5 Å². The SMILES string of the molecule is CCc1nc(-c2cccc(NC(=O)c3cccc(C(=O)N(C)C)c3)c2)no1. The molecule has 0 aliphatic rings. The highest BCUT2D eigenvalue weighted by atomic mass is 16.5. The third kappa shape index (κ3) is 4.20. The lowest BCUT2D eigenvalue weighted by atomic mass is 10.1. The number of hydrogen-bond acceptors (Lipinski definition) is 5. The molecule has 0 bridgehead atoms. The predicted molar refractivity (Wildman–Crippen MR) is 102 cm³/mol. The number of benzene rings is 2. The van der Waals surface area contributed by atoms with Gasteiger partial charge in [-0.1, -0.05) is 30.3 Å². The molecule has 0 saturated heterocycles. The molecule has 0 saturated carbocycles. The van der Waals surface area contributed by atoms with Crippen molar-refractivity contribution in [1.82, 2.24) is 15.0 Å². The Morgan fingerprint density at radius 2 is 1.81 bits per heavy atom. The molecule has 1 heterocycles. The summed E-state index contributed by atoms with van der Waals surface area (Å²) in [6.07, 6.45) is 0.658. The van der Waals surface area contributed by atoms with Gasteiger partial charge in [0, 0.05) is 42.9 Å². The molecule has 27 heavy (non-hydrogen) atoms. The molecule has 0 atom stereocenters. The van der Waals surface area contributed by atoms with Crippen LogP contribution < -0.4 is 5.32 Å². The molecule has 0 unspecified atom stereocenters. The Hall–Kier alpha value is -3.48. The van der Waals surface area contributed by atoms with Crippen molar-refractivity contribution in [2.75, 3.05) is 19.4 Å². The van der Waals surface area contributed by atoms with Crippen LogP contribution in [0.25, 0.3) is 11.4 Å². The Kier molecular flexibility index (Phi) is 5.30. The number of hydrogen-bond donors (Lipinski definition) is 1. The van der Waals surface area contributed by atoms with Crippen LogP contribution in [-0.4, -0.2) is 41.0 Å². The van der Waals surface area contributed by atoms with Crippen molar-refractivity contribution in [3.8, 4) is 11.4 Å². The summed E-state index contributed by atoms with van der Waals surface area (Å²) in [4.78, 5) is 30.4. The van der Waals surface area contributed by atoms with Crippen LogP contribution in [0.3, 0.4) is 0 Å². The van der Waals surface area contributed by atoms with E-state index in [9.17, 15) is 9.59 Å². The van der Waals surface area contributed by atoms with E-state index < -0.39 is 0 Å². The molecule has 0 aliphatic heterocycles. The Bertz CT molecular complexity index is 979. The van der Waals surface area contributed by atoms with Crippen LogP contribution in [0.5, 0.6) is 0 Å². The maximum Gasteiger partial charge on any atom is 0.255 e. The highest BCUT2D eigenvalue weighted by Crippen LogP contribution is 2.21. The number of carbonyl (C=O) groups is 2. The summed E-state index contributed by atoms with van der Waals surface area (Å²) in [7, 11) is 3.34. The quantitative estimate of drug-likeness (QED) is 0.751. The van der Waals surface area contributed by atoms with E-state index in [1.165, 1.54) is 4.90 Å². The second kappa shape index (κ2) is 7.82. The number of anilines is 1. The van der Waals surface area contributed by atoms with Gasteiger partial charge in [0.25, 0.3) is 11.8 Å². The largest absolute Gasteiger partial charge is 0.345 e. The summed E-state index contributed by atoms with van der Waals surface area (Å²) in [6.45, 7) is 1.93. The smallest absolute Gasteiger partial charge is 0.255 e. The highest BCUT2D eigenvalue weighted by molar-refractivity contribution is 6.06. The van der Waals surface area contributed by atoms with Crippen molar-refractivity contribution >= 4 is 17.5 Å². The number of carbonyl (C=O) groups excluding carboxylic acids is 2. The van der Waals surface area contributed by atoms with E-state index in [0.717, 1.165) is 5.56 Å². The molecular formula is C20H20N4O3. The second-order valence-corrected chi connectivity index (χ2v) is 6.18. The van der Waals surface area contributed by atoms with Gasteiger partial charge in [-0.25, -0.2) is 0 Å². The number of amides is 2. The number of nitrogens with zero attached hydrogens (tertiary/aromatic N) is 3. The molecule has 1 N–H and O–H groups in total. The van der Waals surface area contributed by atoms with E-state index in [1.54, 1.807) is 56.6 Å². The lowest BCUT2D eigenvalue weighted by Crippen LogP contribution is -2.22. The average Bonchev–Trinajstić information content (AvgIpc) is 3.17.